The molecule has 0 saturated carbocycles. The highest BCUT2D eigenvalue weighted by Crippen LogP contribution is 2.11. The topological polar surface area (TPSA) is 104 Å². The number of hydrogen-bond donors (Lipinski definition) is 3. The van der Waals surface area contributed by atoms with E-state index in [9.17, 15) is 9.59 Å². The summed E-state index contributed by atoms with van der Waals surface area (Å²) in [5, 5.41) is 12.3. The lowest BCUT2D eigenvalue weighted by Crippen LogP contribution is -2.17. The van der Waals surface area contributed by atoms with Gasteiger partial charge in [0, 0.05) is 34.1 Å². The van der Waals surface area contributed by atoms with Gasteiger partial charge < -0.3 is 0 Å². The van der Waals surface area contributed by atoms with Crippen LogP contribution in [0.4, 0.5) is 0 Å². The van der Waals surface area contributed by atoms with E-state index in [2.05, 4.69) is 31.4 Å². The molecule has 1 aromatic heterocycles. The maximum Gasteiger partial charge on any atom is 0.271 e. The van der Waals surface area contributed by atoms with E-state index in [1.165, 1.54) is 23.8 Å². The molecule has 0 spiro atoms. The van der Waals surface area contributed by atoms with Crippen LogP contribution in [0.1, 0.15) is 21.5 Å². The van der Waals surface area contributed by atoms with Gasteiger partial charge in [-0.3, -0.25) is 19.8 Å². The fraction of sp³-hybridized carbons (Fsp3) is 0. The molecule has 0 bridgehead atoms. The molecule has 0 atom stereocenters. The number of benzene rings is 1. The minimum absolute atomic E-state index is 0.361. The van der Waals surface area contributed by atoms with Crippen LogP contribution in [0.15, 0.2) is 58.4 Å². The Morgan fingerprint density at radius 1 is 1.21 bits per heavy atom. The van der Waals surface area contributed by atoms with Crippen LogP contribution in [0.25, 0.3) is 6.08 Å². The predicted molar refractivity (Wildman–Crippen MR) is 92.4 cm³/mol. The Morgan fingerprint density at radius 3 is 2.62 bits per heavy atom. The van der Waals surface area contributed by atoms with Gasteiger partial charge in [0.2, 0.25) is 0 Å². The fourth-order valence-corrected chi connectivity index (χ4v) is 2.02. The summed E-state index contributed by atoms with van der Waals surface area (Å²) in [5.74, 6) is -0.992. The van der Waals surface area contributed by atoms with Gasteiger partial charge in [0.15, 0.2) is 0 Å². The van der Waals surface area contributed by atoms with E-state index in [0.29, 0.717) is 11.1 Å². The Morgan fingerprint density at radius 2 is 1.96 bits per heavy atom. The molecule has 0 saturated heterocycles. The summed E-state index contributed by atoms with van der Waals surface area (Å²) in [7, 11) is 0. The average Bonchev–Trinajstić information content (AvgIpc) is 2.61. The van der Waals surface area contributed by atoms with E-state index in [1.54, 1.807) is 42.7 Å². The first kappa shape index (κ1) is 17.5. The van der Waals surface area contributed by atoms with E-state index >= 15 is 0 Å². The zero-order chi connectivity index (χ0) is 17.4. The maximum atomic E-state index is 12.0. The van der Waals surface area contributed by atoms with E-state index in [4.69, 9.17) is 5.21 Å². The number of nitrogens with zero attached hydrogens (tertiary/aromatic N) is 2. The number of amides is 2. The van der Waals surface area contributed by atoms with Gasteiger partial charge in [0.05, 0.1) is 6.21 Å². The van der Waals surface area contributed by atoms with Gasteiger partial charge in [-0.1, -0.05) is 12.1 Å². The maximum absolute atomic E-state index is 12.0. The van der Waals surface area contributed by atoms with Crippen LogP contribution in [0.5, 0.6) is 0 Å². The SMILES string of the molecule is O=C(/C=C/c1ccc(C(=O)N/N=C/c2ccncc2Br)cc1)NO. The van der Waals surface area contributed by atoms with Crippen LogP contribution in [0, 0.1) is 0 Å². The number of hydrogen-bond acceptors (Lipinski definition) is 5. The van der Waals surface area contributed by atoms with Gasteiger partial charge in [-0.05, 0) is 45.8 Å². The first-order chi connectivity index (χ1) is 11.6. The van der Waals surface area contributed by atoms with E-state index in [-0.39, 0.29) is 5.91 Å². The molecule has 7 nitrogen and oxygen atoms in total. The third kappa shape index (κ3) is 5.11. The molecule has 0 radical (unpaired) electrons. The van der Waals surface area contributed by atoms with Crippen molar-refractivity contribution in [3.63, 3.8) is 0 Å². The number of aromatic nitrogens is 1. The Balaban J connectivity index is 1.96. The minimum atomic E-state index is -0.631. The second kappa shape index (κ2) is 8.70. The number of carbonyl (C=O) groups is 2. The Hall–Kier alpha value is -2.84. The third-order valence-electron chi connectivity index (χ3n) is 2.88. The molecular weight excluding hydrogens is 376 g/mol. The first-order valence-corrected chi connectivity index (χ1v) is 7.54. The van der Waals surface area contributed by atoms with E-state index < -0.39 is 5.91 Å². The summed E-state index contributed by atoms with van der Waals surface area (Å²) in [6.45, 7) is 0. The third-order valence-corrected chi connectivity index (χ3v) is 3.55. The van der Waals surface area contributed by atoms with Gasteiger partial charge in [-0.25, -0.2) is 10.9 Å². The monoisotopic (exact) mass is 388 g/mol. The molecule has 24 heavy (non-hydrogen) atoms. The largest absolute Gasteiger partial charge is 0.288 e. The number of pyridine rings is 1. The van der Waals surface area contributed by atoms with Crippen LogP contribution >= 0.6 is 15.9 Å². The summed E-state index contributed by atoms with van der Waals surface area (Å²) >= 11 is 3.33. The molecule has 8 heteroatoms. The Labute approximate surface area is 146 Å². The fourth-order valence-electron chi connectivity index (χ4n) is 1.67. The molecule has 1 heterocycles. The number of hydroxylamine groups is 1. The molecule has 0 aliphatic carbocycles. The second-order valence-electron chi connectivity index (χ2n) is 4.53. The molecule has 122 valence electrons. The van der Waals surface area contributed by atoms with Crippen molar-refractivity contribution >= 4 is 40.0 Å². The standard InChI is InChI=1S/C16H13BrN4O3/c17-14-10-18-8-7-13(14)9-19-20-16(23)12-4-1-11(2-5-12)3-6-15(22)21-24/h1-10,24H,(H,20,23)(H,21,22)/b6-3+,19-9+. The molecular formula is C16H13BrN4O3. The molecule has 2 rings (SSSR count). The van der Waals surface area contributed by atoms with Gasteiger partial charge in [0.25, 0.3) is 11.8 Å². The number of carbonyl (C=O) groups excluding carboxylic acids is 2. The minimum Gasteiger partial charge on any atom is -0.288 e. The van der Waals surface area contributed by atoms with Crippen LogP contribution in [0.3, 0.4) is 0 Å². The van der Waals surface area contributed by atoms with Crippen molar-refractivity contribution in [2.24, 2.45) is 5.10 Å². The molecule has 0 aliphatic rings. The summed E-state index contributed by atoms with van der Waals surface area (Å²) in [5.41, 5.74) is 5.83. The van der Waals surface area contributed by atoms with E-state index in [1.807, 2.05) is 0 Å². The summed E-state index contributed by atoms with van der Waals surface area (Å²) < 4.78 is 0.769. The van der Waals surface area contributed by atoms with Crippen LogP contribution in [-0.2, 0) is 4.79 Å². The Kier molecular flexibility index (Phi) is 6.35. The highest BCUT2D eigenvalue weighted by molar-refractivity contribution is 9.10. The highest BCUT2D eigenvalue weighted by Gasteiger charge is 2.03. The highest BCUT2D eigenvalue weighted by atomic mass is 79.9. The smallest absolute Gasteiger partial charge is 0.271 e. The summed E-state index contributed by atoms with van der Waals surface area (Å²) in [6.07, 6.45) is 7.44. The van der Waals surface area contributed by atoms with Gasteiger partial charge >= 0.3 is 0 Å². The van der Waals surface area contributed by atoms with Crippen LogP contribution in [0.2, 0.25) is 0 Å². The number of rotatable bonds is 5. The van der Waals surface area contributed by atoms with Gasteiger partial charge in [0.1, 0.15) is 0 Å². The van der Waals surface area contributed by atoms with Crippen molar-refractivity contribution in [2.75, 3.05) is 0 Å². The molecule has 0 fully saturated rings. The summed E-state index contributed by atoms with van der Waals surface area (Å²) in [4.78, 5) is 26.8. The lowest BCUT2D eigenvalue weighted by atomic mass is 10.1. The molecule has 0 aliphatic heterocycles. The van der Waals surface area contributed by atoms with Crippen molar-refractivity contribution in [2.45, 2.75) is 0 Å². The van der Waals surface area contributed by atoms with Crippen LogP contribution < -0.4 is 10.9 Å². The average molecular weight is 389 g/mol. The van der Waals surface area contributed by atoms with Crippen molar-refractivity contribution in [1.82, 2.24) is 15.9 Å². The first-order valence-electron chi connectivity index (χ1n) is 6.75. The van der Waals surface area contributed by atoms with Gasteiger partial charge in [-0.15, -0.1) is 0 Å². The van der Waals surface area contributed by atoms with Crippen molar-refractivity contribution < 1.29 is 14.8 Å². The molecule has 3 N–H and O–H groups in total. The lowest BCUT2D eigenvalue weighted by Gasteiger charge is -2.01. The zero-order valence-electron chi connectivity index (χ0n) is 12.3. The van der Waals surface area contributed by atoms with Gasteiger partial charge in [-0.2, -0.15) is 5.10 Å². The molecule has 0 unspecified atom stereocenters. The molecule has 1 aromatic carbocycles. The van der Waals surface area contributed by atoms with Crippen LogP contribution in [-0.4, -0.2) is 28.2 Å². The predicted octanol–water partition coefficient (Wildman–Crippen LogP) is 2.13. The zero-order valence-corrected chi connectivity index (χ0v) is 13.9. The van der Waals surface area contributed by atoms with Crippen molar-refractivity contribution in [3.05, 3.63) is 70.0 Å². The normalized spacial score (nSPS) is 10.9. The number of nitrogens with one attached hydrogen (secondary N) is 2. The Bertz CT molecular complexity index is 788. The number of hydrazone groups is 1. The van der Waals surface area contributed by atoms with Crippen molar-refractivity contribution in [3.8, 4) is 0 Å². The summed E-state index contributed by atoms with van der Waals surface area (Å²) in [6, 6.07) is 8.29. The molecule has 2 aromatic rings. The number of halogens is 1. The quantitative estimate of drug-likeness (QED) is 0.315. The molecule has 2 amide bonds. The van der Waals surface area contributed by atoms with Crippen molar-refractivity contribution in [1.29, 1.82) is 0 Å². The van der Waals surface area contributed by atoms with E-state index in [0.717, 1.165) is 10.0 Å². The lowest BCUT2D eigenvalue weighted by molar-refractivity contribution is -0.124. The second-order valence-corrected chi connectivity index (χ2v) is 5.38.